The summed E-state index contributed by atoms with van der Waals surface area (Å²) in [7, 11) is 0. The predicted octanol–water partition coefficient (Wildman–Crippen LogP) is 3.96. The Morgan fingerprint density at radius 2 is 2.10 bits per heavy atom. The molecule has 0 aliphatic rings. The van der Waals surface area contributed by atoms with Crippen LogP contribution in [-0.2, 0) is 11.8 Å². The summed E-state index contributed by atoms with van der Waals surface area (Å²) in [5, 5.41) is 0. The van der Waals surface area contributed by atoms with E-state index in [2.05, 4.69) is 0 Å². The molecule has 5 heteroatoms. The molecule has 0 aromatic heterocycles. The van der Waals surface area contributed by atoms with Gasteiger partial charge in [-0.05, 0) is 6.92 Å². The highest BCUT2D eigenvalue weighted by molar-refractivity contribution is 8.39. The minimum absolute atomic E-state index is 0.495. The lowest BCUT2D eigenvalue weighted by Gasteiger charge is -2.03. The summed E-state index contributed by atoms with van der Waals surface area (Å²) in [6, 6.07) is 0. The Bertz CT molecular complexity index is 172. The predicted molar refractivity (Wildman–Crippen MR) is 55.3 cm³/mol. The molecule has 0 unspecified atom stereocenters. The highest BCUT2D eigenvalue weighted by Crippen LogP contribution is 2.57. The zero-order valence-electron chi connectivity index (χ0n) is 5.48. The van der Waals surface area contributed by atoms with Crippen molar-refractivity contribution >= 4 is 50.6 Å². The summed E-state index contributed by atoms with van der Waals surface area (Å²) in [6.07, 6.45) is 2.46. The third-order valence-corrected chi connectivity index (χ3v) is 2.98. The van der Waals surface area contributed by atoms with E-state index in [0.717, 1.165) is 5.57 Å². The van der Waals surface area contributed by atoms with E-state index in [1.54, 1.807) is 0 Å². The Labute approximate surface area is 81.1 Å². The molecule has 0 N–H and O–H groups in total. The van der Waals surface area contributed by atoms with Crippen molar-refractivity contribution in [3.8, 4) is 0 Å². The Balaban J connectivity index is 3.92. The summed E-state index contributed by atoms with van der Waals surface area (Å²) in [4.78, 5) is 0. The second kappa shape index (κ2) is 5.00. The summed E-state index contributed by atoms with van der Waals surface area (Å²) in [5.74, 6) is 0.495. The van der Waals surface area contributed by atoms with Crippen molar-refractivity contribution in [2.24, 2.45) is 0 Å². The summed E-state index contributed by atoms with van der Waals surface area (Å²) in [5.41, 5.74) is 1.07. The van der Waals surface area contributed by atoms with Crippen LogP contribution in [0.1, 0.15) is 6.92 Å². The van der Waals surface area contributed by atoms with E-state index in [1.807, 2.05) is 13.0 Å². The van der Waals surface area contributed by atoms with Crippen LogP contribution in [0.15, 0.2) is 11.6 Å². The first-order valence-electron chi connectivity index (χ1n) is 2.65. The van der Waals surface area contributed by atoms with Crippen molar-refractivity contribution in [3.63, 3.8) is 0 Å². The van der Waals surface area contributed by atoms with Crippen molar-refractivity contribution < 1.29 is 0 Å². The van der Waals surface area contributed by atoms with Gasteiger partial charge in [-0.3, -0.25) is 0 Å². The number of allylic oxidation sites excluding steroid dienone is 2. The molecule has 0 aromatic rings. The minimum Gasteiger partial charge on any atom is -0.122 e. The SMILES string of the molecule is C/C(=C/CCl)CP(=S)(Cl)Cl. The second-order valence-corrected chi connectivity index (χ2v) is 10.8. The Morgan fingerprint density at radius 1 is 1.60 bits per heavy atom. The molecule has 0 amide bonds. The lowest BCUT2D eigenvalue weighted by molar-refractivity contribution is 1.38. The van der Waals surface area contributed by atoms with E-state index in [1.165, 1.54) is 0 Å². The zero-order valence-corrected chi connectivity index (χ0v) is 9.46. The fourth-order valence-electron chi connectivity index (χ4n) is 0.487. The second-order valence-electron chi connectivity index (χ2n) is 1.93. The Morgan fingerprint density at radius 3 is 2.40 bits per heavy atom. The van der Waals surface area contributed by atoms with Crippen molar-refractivity contribution in [3.05, 3.63) is 11.6 Å². The van der Waals surface area contributed by atoms with Crippen molar-refractivity contribution in [1.82, 2.24) is 0 Å². The third-order valence-electron chi connectivity index (χ3n) is 0.859. The molecule has 0 atom stereocenters. The average Bonchev–Trinajstić information content (AvgIpc) is 1.59. The number of alkyl halides is 1. The maximum Gasteiger partial charge on any atom is 0.123 e. The van der Waals surface area contributed by atoms with Gasteiger partial charge in [0.15, 0.2) is 0 Å². The van der Waals surface area contributed by atoms with Crippen LogP contribution in [-0.4, -0.2) is 12.0 Å². The highest BCUT2D eigenvalue weighted by atomic mass is 35.9. The molecule has 0 radical (unpaired) electrons. The van der Waals surface area contributed by atoms with E-state index in [-0.39, 0.29) is 0 Å². The molecule has 0 nitrogen and oxygen atoms in total. The number of hydrogen-bond acceptors (Lipinski definition) is 1. The number of hydrogen-bond donors (Lipinski definition) is 0. The van der Waals surface area contributed by atoms with Gasteiger partial charge in [0.25, 0.3) is 0 Å². The van der Waals surface area contributed by atoms with Gasteiger partial charge in [0.2, 0.25) is 0 Å². The third kappa shape index (κ3) is 7.37. The van der Waals surface area contributed by atoms with Crippen LogP contribution < -0.4 is 0 Å². The van der Waals surface area contributed by atoms with E-state index < -0.39 is 4.74 Å². The average molecular weight is 238 g/mol. The molecule has 0 heterocycles. The Hall–Kier alpha value is 1.26. The molecule has 0 fully saturated rings. The van der Waals surface area contributed by atoms with Crippen LogP contribution in [0.25, 0.3) is 0 Å². The first kappa shape index (κ1) is 11.3. The first-order valence-corrected chi connectivity index (χ1v) is 7.99. The number of halogens is 3. The maximum atomic E-state index is 5.67. The lowest BCUT2D eigenvalue weighted by Crippen LogP contribution is -1.81. The quantitative estimate of drug-likeness (QED) is 0.407. The van der Waals surface area contributed by atoms with Crippen molar-refractivity contribution in [1.29, 1.82) is 0 Å². The molecule has 0 saturated carbocycles. The number of rotatable bonds is 3. The molecule has 0 saturated heterocycles. The molecule has 0 aromatic carbocycles. The van der Waals surface area contributed by atoms with Gasteiger partial charge in [-0.25, -0.2) is 0 Å². The van der Waals surface area contributed by atoms with Gasteiger partial charge >= 0.3 is 0 Å². The van der Waals surface area contributed by atoms with Crippen LogP contribution in [0.3, 0.4) is 0 Å². The van der Waals surface area contributed by atoms with Crippen molar-refractivity contribution in [2.45, 2.75) is 6.92 Å². The van der Waals surface area contributed by atoms with E-state index in [9.17, 15) is 0 Å². The van der Waals surface area contributed by atoms with Gasteiger partial charge in [-0.15, -0.1) is 11.6 Å². The van der Waals surface area contributed by atoms with Crippen LogP contribution in [0.2, 0.25) is 0 Å². The smallest absolute Gasteiger partial charge is 0.122 e. The first-order chi connectivity index (χ1) is 4.45. The lowest BCUT2D eigenvalue weighted by atomic mass is 10.3. The summed E-state index contributed by atoms with van der Waals surface area (Å²) in [6.45, 7) is 1.92. The van der Waals surface area contributed by atoms with E-state index in [0.29, 0.717) is 12.0 Å². The van der Waals surface area contributed by atoms with Gasteiger partial charge in [-0.1, -0.05) is 45.9 Å². The van der Waals surface area contributed by atoms with E-state index >= 15 is 0 Å². The fourth-order valence-corrected chi connectivity index (χ4v) is 3.20. The van der Waals surface area contributed by atoms with E-state index in [4.69, 9.17) is 45.9 Å². The fraction of sp³-hybridized carbons (Fsp3) is 0.600. The van der Waals surface area contributed by atoms with Gasteiger partial charge in [-0.2, -0.15) is 0 Å². The molecule has 0 spiro atoms. The molecule has 0 aliphatic heterocycles. The largest absolute Gasteiger partial charge is 0.123 e. The normalized spacial score (nSPS) is 13.8. The van der Waals surface area contributed by atoms with Crippen LogP contribution in [0, 0.1) is 0 Å². The van der Waals surface area contributed by atoms with Gasteiger partial charge in [0.05, 0.1) is 0 Å². The van der Waals surface area contributed by atoms with Crippen LogP contribution >= 0.6 is 38.8 Å². The van der Waals surface area contributed by atoms with Crippen LogP contribution in [0.5, 0.6) is 0 Å². The van der Waals surface area contributed by atoms with Gasteiger partial charge < -0.3 is 0 Å². The standard InChI is InChI=1S/C5H8Cl3PS/c1-5(2-3-6)4-9(7,8)10/h2H,3-4H2,1H3/b5-2-. The maximum absolute atomic E-state index is 5.67. The van der Waals surface area contributed by atoms with Gasteiger partial charge in [0, 0.05) is 12.0 Å². The summed E-state index contributed by atoms with van der Waals surface area (Å²) < 4.78 is -2.10. The molecular weight excluding hydrogens is 229 g/mol. The molecule has 10 heavy (non-hydrogen) atoms. The molecular formula is C5H8Cl3PS. The van der Waals surface area contributed by atoms with Crippen LogP contribution in [0.4, 0.5) is 0 Å². The Kier molecular flexibility index (Phi) is 5.63. The minimum atomic E-state index is -2.10. The highest BCUT2D eigenvalue weighted by Gasteiger charge is 2.07. The molecule has 0 rings (SSSR count). The van der Waals surface area contributed by atoms with Crippen molar-refractivity contribution in [2.75, 3.05) is 12.0 Å². The van der Waals surface area contributed by atoms with Gasteiger partial charge in [0.1, 0.15) is 4.74 Å². The molecule has 0 bridgehead atoms. The zero-order chi connectivity index (χ0) is 8.20. The molecule has 0 aliphatic carbocycles. The topological polar surface area (TPSA) is 0 Å². The summed E-state index contributed by atoms with van der Waals surface area (Å²) >= 11 is 21.6. The monoisotopic (exact) mass is 236 g/mol. The molecule has 60 valence electrons.